The molecule has 1 aliphatic rings. The molecule has 2 N–H and O–H groups in total. The third-order valence-electron chi connectivity index (χ3n) is 3.41. The molecule has 118 valence electrons. The molecule has 0 aromatic carbocycles. The number of nitrogens with two attached hydrogens (primary N) is 1. The number of aromatic nitrogens is 2. The summed E-state index contributed by atoms with van der Waals surface area (Å²) in [4.78, 5) is 20.0. The fourth-order valence-electron chi connectivity index (χ4n) is 2.11. The van der Waals surface area contributed by atoms with Gasteiger partial charge in [-0.3, -0.25) is 0 Å². The average Bonchev–Trinajstić information content (AvgIpc) is 3.29. The Labute approximate surface area is 136 Å². The maximum Gasteiger partial charge on any atom is 0.373 e. The maximum atomic E-state index is 11.3. The molecule has 0 atom stereocenters. The zero-order chi connectivity index (χ0) is 16.4. The summed E-state index contributed by atoms with van der Waals surface area (Å²) in [5, 5.41) is 9.68. The van der Waals surface area contributed by atoms with Gasteiger partial charge in [-0.15, -0.1) is 0 Å². The third kappa shape index (κ3) is 3.29. The lowest BCUT2D eigenvalue weighted by Gasteiger charge is -2.06. The fourth-order valence-corrected chi connectivity index (χ4v) is 2.86. The number of methoxy groups -OCH3 is 1. The van der Waals surface area contributed by atoms with Crippen LogP contribution in [0.15, 0.2) is 21.7 Å². The van der Waals surface area contributed by atoms with Crippen molar-refractivity contribution in [2.45, 2.75) is 29.7 Å². The van der Waals surface area contributed by atoms with Crippen molar-refractivity contribution in [3.05, 3.63) is 34.9 Å². The fraction of sp³-hybridized carbons (Fsp3) is 0.333. The van der Waals surface area contributed by atoms with Crippen molar-refractivity contribution >= 4 is 23.5 Å². The van der Waals surface area contributed by atoms with Gasteiger partial charge in [-0.2, -0.15) is 5.26 Å². The number of nitrogens with zero attached hydrogens (tertiary/aromatic N) is 3. The minimum atomic E-state index is -0.517. The molecule has 0 aliphatic heterocycles. The Bertz CT molecular complexity index is 793. The van der Waals surface area contributed by atoms with Crippen LogP contribution in [0.1, 0.15) is 46.3 Å². The largest absolute Gasteiger partial charge is 0.463 e. The van der Waals surface area contributed by atoms with Crippen molar-refractivity contribution < 1.29 is 13.9 Å². The van der Waals surface area contributed by atoms with E-state index in [0.29, 0.717) is 28.2 Å². The minimum Gasteiger partial charge on any atom is -0.463 e. The van der Waals surface area contributed by atoms with Crippen molar-refractivity contribution in [2.24, 2.45) is 0 Å². The van der Waals surface area contributed by atoms with E-state index in [4.69, 9.17) is 10.2 Å². The summed E-state index contributed by atoms with van der Waals surface area (Å²) in [5.41, 5.74) is 6.97. The Balaban J connectivity index is 1.74. The highest BCUT2D eigenvalue weighted by Crippen LogP contribution is 2.42. The number of anilines is 1. The molecule has 23 heavy (non-hydrogen) atoms. The predicted octanol–water partition coefficient (Wildman–Crippen LogP) is 2.48. The molecule has 2 heterocycles. The second-order valence-corrected chi connectivity index (χ2v) is 6.03. The van der Waals surface area contributed by atoms with E-state index in [1.165, 1.54) is 18.9 Å². The number of hydrogen-bond acceptors (Lipinski definition) is 8. The highest BCUT2D eigenvalue weighted by molar-refractivity contribution is 7.98. The highest BCUT2D eigenvalue weighted by atomic mass is 32.2. The first-order chi connectivity index (χ1) is 11.1. The van der Waals surface area contributed by atoms with E-state index < -0.39 is 5.97 Å². The van der Waals surface area contributed by atoms with Gasteiger partial charge in [0.2, 0.25) is 5.76 Å². The summed E-state index contributed by atoms with van der Waals surface area (Å²) in [6, 6.07) is 5.34. The first-order valence-electron chi connectivity index (χ1n) is 6.99. The molecular weight excluding hydrogens is 316 g/mol. The van der Waals surface area contributed by atoms with Crippen LogP contribution in [0, 0.1) is 11.3 Å². The first-order valence-corrected chi connectivity index (χ1v) is 7.98. The molecular formula is C15H14N4O3S. The van der Waals surface area contributed by atoms with Crippen LogP contribution >= 0.6 is 11.8 Å². The van der Waals surface area contributed by atoms with Crippen molar-refractivity contribution in [3.63, 3.8) is 0 Å². The van der Waals surface area contributed by atoms with Crippen LogP contribution in [0.25, 0.3) is 0 Å². The Hall–Kier alpha value is -2.53. The second kappa shape index (κ2) is 6.30. The molecule has 7 nitrogen and oxygen atoms in total. The number of furan rings is 1. The number of nitrogen functional groups attached to an aromatic ring is 1. The van der Waals surface area contributed by atoms with Crippen molar-refractivity contribution in [2.75, 3.05) is 12.8 Å². The summed E-state index contributed by atoms with van der Waals surface area (Å²) in [6.07, 6.45) is 2.05. The van der Waals surface area contributed by atoms with Gasteiger partial charge in [0, 0.05) is 5.92 Å². The topological polar surface area (TPSA) is 115 Å². The number of hydrogen-bond donors (Lipinski definition) is 1. The number of ether oxygens (including phenoxy) is 1. The number of rotatable bonds is 5. The van der Waals surface area contributed by atoms with Gasteiger partial charge in [0.05, 0.1) is 18.6 Å². The first kappa shape index (κ1) is 15.4. The van der Waals surface area contributed by atoms with E-state index in [1.54, 1.807) is 12.1 Å². The molecule has 0 unspecified atom stereocenters. The second-order valence-electron chi connectivity index (χ2n) is 5.08. The van der Waals surface area contributed by atoms with Crippen molar-refractivity contribution in [1.82, 2.24) is 9.97 Å². The number of esters is 1. The van der Waals surface area contributed by atoms with E-state index in [2.05, 4.69) is 20.8 Å². The molecule has 0 amide bonds. The molecule has 3 rings (SSSR count). The van der Waals surface area contributed by atoms with E-state index >= 15 is 0 Å². The number of carbonyl (C=O) groups is 1. The van der Waals surface area contributed by atoms with E-state index in [1.807, 2.05) is 0 Å². The van der Waals surface area contributed by atoms with Crippen molar-refractivity contribution in [1.29, 1.82) is 5.26 Å². The van der Waals surface area contributed by atoms with Gasteiger partial charge >= 0.3 is 5.97 Å². The SMILES string of the molecule is COC(=O)c1ccc(CSc2nc(N)c(C#N)c(C3CC3)n2)o1. The lowest BCUT2D eigenvalue weighted by molar-refractivity contribution is 0.0563. The van der Waals surface area contributed by atoms with Gasteiger partial charge in [-0.1, -0.05) is 11.8 Å². The molecule has 0 radical (unpaired) electrons. The monoisotopic (exact) mass is 330 g/mol. The molecule has 2 aromatic heterocycles. The van der Waals surface area contributed by atoms with E-state index in [-0.39, 0.29) is 11.6 Å². The lowest BCUT2D eigenvalue weighted by Crippen LogP contribution is -2.04. The lowest BCUT2D eigenvalue weighted by atomic mass is 10.1. The smallest absolute Gasteiger partial charge is 0.373 e. The quantitative estimate of drug-likeness (QED) is 0.505. The van der Waals surface area contributed by atoms with Gasteiger partial charge in [0.25, 0.3) is 0 Å². The summed E-state index contributed by atoms with van der Waals surface area (Å²) in [5.74, 6) is 1.21. The van der Waals surface area contributed by atoms with Gasteiger partial charge in [-0.25, -0.2) is 14.8 Å². The van der Waals surface area contributed by atoms with Crippen LogP contribution in [0.5, 0.6) is 0 Å². The van der Waals surface area contributed by atoms with E-state index in [9.17, 15) is 10.1 Å². The molecule has 1 fully saturated rings. The number of carbonyl (C=O) groups excluding carboxylic acids is 1. The van der Waals surface area contributed by atoms with Gasteiger partial charge in [-0.05, 0) is 25.0 Å². The van der Waals surface area contributed by atoms with Gasteiger partial charge in [0.15, 0.2) is 5.16 Å². The van der Waals surface area contributed by atoms with Gasteiger partial charge in [0.1, 0.15) is 23.2 Å². The molecule has 1 aliphatic carbocycles. The molecule has 0 saturated heterocycles. The van der Waals surface area contributed by atoms with Crippen LogP contribution in [0.3, 0.4) is 0 Å². The normalized spacial score (nSPS) is 13.6. The summed E-state index contributed by atoms with van der Waals surface area (Å²) in [7, 11) is 1.30. The Morgan fingerprint density at radius 3 is 2.96 bits per heavy atom. The summed E-state index contributed by atoms with van der Waals surface area (Å²) >= 11 is 1.34. The molecule has 2 aromatic rings. The third-order valence-corrected chi connectivity index (χ3v) is 4.28. The van der Waals surface area contributed by atoms with E-state index in [0.717, 1.165) is 18.5 Å². The molecule has 0 bridgehead atoms. The Morgan fingerprint density at radius 1 is 1.52 bits per heavy atom. The van der Waals surface area contributed by atoms with Gasteiger partial charge < -0.3 is 14.9 Å². The highest BCUT2D eigenvalue weighted by Gasteiger charge is 2.30. The van der Waals surface area contributed by atoms with Crippen LogP contribution in [-0.4, -0.2) is 23.0 Å². The summed E-state index contributed by atoms with van der Waals surface area (Å²) in [6.45, 7) is 0. The molecule has 8 heteroatoms. The van der Waals surface area contributed by atoms with Crippen LogP contribution < -0.4 is 5.73 Å². The molecule has 0 spiro atoms. The average molecular weight is 330 g/mol. The Kier molecular flexibility index (Phi) is 4.21. The standard InChI is InChI=1S/C15H14N4O3S/c1-21-14(20)11-5-4-9(22-11)7-23-15-18-12(8-2-3-8)10(6-16)13(17)19-15/h4-5,8H,2-3,7H2,1H3,(H2,17,18,19). The zero-order valence-electron chi connectivity index (χ0n) is 12.4. The Morgan fingerprint density at radius 2 is 2.30 bits per heavy atom. The zero-order valence-corrected chi connectivity index (χ0v) is 13.2. The number of thioether (sulfide) groups is 1. The minimum absolute atomic E-state index is 0.155. The predicted molar refractivity (Wildman–Crippen MR) is 82.7 cm³/mol. The van der Waals surface area contributed by atoms with Crippen LogP contribution in [-0.2, 0) is 10.5 Å². The maximum absolute atomic E-state index is 11.3. The number of nitriles is 1. The molecule has 1 saturated carbocycles. The van der Waals surface area contributed by atoms with Crippen LogP contribution in [0.2, 0.25) is 0 Å². The summed E-state index contributed by atoms with van der Waals surface area (Å²) < 4.78 is 9.98. The van der Waals surface area contributed by atoms with Crippen LogP contribution in [0.4, 0.5) is 5.82 Å². The van der Waals surface area contributed by atoms with Crippen molar-refractivity contribution in [3.8, 4) is 6.07 Å².